The van der Waals surface area contributed by atoms with Crippen LogP contribution in [0, 0.1) is 5.92 Å². The number of benzene rings is 3. The summed E-state index contributed by atoms with van der Waals surface area (Å²) in [4.78, 5) is 24.2. The van der Waals surface area contributed by atoms with Crippen LogP contribution in [0.3, 0.4) is 0 Å². The lowest BCUT2D eigenvalue weighted by atomic mass is 9.86. The van der Waals surface area contributed by atoms with Gasteiger partial charge in [0, 0.05) is 37.6 Å². The van der Waals surface area contributed by atoms with Crippen LogP contribution in [0.2, 0.25) is 0 Å². The lowest BCUT2D eigenvalue weighted by molar-refractivity contribution is 0.0943. The lowest BCUT2D eigenvalue weighted by Crippen LogP contribution is -2.34. The summed E-state index contributed by atoms with van der Waals surface area (Å²) in [6.45, 7) is 0.686. The van der Waals surface area contributed by atoms with Crippen molar-refractivity contribution in [3.63, 3.8) is 0 Å². The Morgan fingerprint density at radius 2 is 1.54 bits per heavy atom. The zero-order chi connectivity index (χ0) is 25.6. The van der Waals surface area contributed by atoms with Gasteiger partial charge in [0.05, 0.1) is 5.52 Å². The van der Waals surface area contributed by atoms with Crippen molar-refractivity contribution in [3.8, 4) is 11.5 Å². The molecule has 1 amide bonds. The molecule has 1 fully saturated rings. The normalized spacial score (nSPS) is 17.2. The summed E-state index contributed by atoms with van der Waals surface area (Å²) in [6, 6.07) is 25.3. The Balaban J connectivity index is 1.10. The number of carbonyl (C=O) groups is 1. The van der Waals surface area contributed by atoms with Crippen LogP contribution < -0.4 is 20.3 Å². The molecule has 7 heteroatoms. The first-order chi connectivity index (χ1) is 18.0. The zero-order valence-electron chi connectivity index (χ0n) is 21.4. The van der Waals surface area contributed by atoms with E-state index in [1.165, 1.54) is 0 Å². The summed E-state index contributed by atoms with van der Waals surface area (Å²) in [5.74, 6) is 3.50. The second-order valence-electron chi connectivity index (χ2n) is 9.79. The van der Waals surface area contributed by atoms with Crippen molar-refractivity contribution in [2.75, 3.05) is 30.9 Å². The molecule has 0 unspecified atom stereocenters. The highest BCUT2D eigenvalue weighted by atomic mass is 16.5. The summed E-state index contributed by atoms with van der Waals surface area (Å²) >= 11 is 0. The highest BCUT2D eigenvalue weighted by Crippen LogP contribution is 2.28. The molecule has 1 aromatic heterocycles. The average Bonchev–Trinajstić information content (AvgIpc) is 2.93. The van der Waals surface area contributed by atoms with Gasteiger partial charge in [-0.25, -0.2) is 4.98 Å². The van der Waals surface area contributed by atoms with Crippen molar-refractivity contribution in [1.82, 2.24) is 15.3 Å². The number of anilines is 2. The van der Waals surface area contributed by atoms with E-state index in [2.05, 4.69) is 16.7 Å². The Morgan fingerprint density at radius 3 is 2.27 bits per heavy atom. The van der Waals surface area contributed by atoms with E-state index in [1.807, 2.05) is 79.7 Å². The van der Waals surface area contributed by atoms with Crippen LogP contribution in [-0.2, 0) is 0 Å². The summed E-state index contributed by atoms with van der Waals surface area (Å²) in [6.07, 6.45) is 4.16. The number of ether oxygens (including phenoxy) is 1. The second-order valence-corrected chi connectivity index (χ2v) is 9.79. The smallest absolute Gasteiger partial charge is 0.251 e. The van der Waals surface area contributed by atoms with Gasteiger partial charge in [-0.3, -0.25) is 4.79 Å². The number of hydrogen-bond donors (Lipinski definition) is 2. The Kier molecular flexibility index (Phi) is 7.49. The molecule has 0 saturated heterocycles. The van der Waals surface area contributed by atoms with Gasteiger partial charge in [-0.15, -0.1) is 0 Å². The molecule has 0 aliphatic heterocycles. The monoisotopic (exact) mass is 495 g/mol. The molecule has 1 saturated carbocycles. The van der Waals surface area contributed by atoms with Crippen molar-refractivity contribution >= 4 is 28.6 Å². The molecule has 0 atom stereocenters. The average molecular weight is 496 g/mol. The van der Waals surface area contributed by atoms with Crippen LogP contribution >= 0.6 is 0 Å². The van der Waals surface area contributed by atoms with Gasteiger partial charge in [-0.2, -0.15) is 4.98 Å². The van der Waals surface area contributed by atoms with Gasteiger partial charge in [0.1, 0.15) is 17.3 Å². The third-order valence-electron chi connectivity index (χ3n) is 6.83. The number of carbonyl (C=O) groups excluding carboxylic acids is 1. The van der Waals surface area contributed by atoms with Crippen LogP contribution in [0.25, 0.3) is 10.9 Å². The van der Waals surface area contributed by atoms with Gasteiger partial charge in [-0.05, 0) is 80.1 Å². The Morgan fingerprint density at radius 1 is 0.865 bits per heavy atom. The largest absolute Gasteiger partial charge is 0.457 e. The molecule has 2 N–H and O–H groups in total. The summed E-state index contributed by atoms with van der Waals surface area (Å²) in [5.41, 5.74) is 1.58. The number of hydrogen-bond acceptors (Lipinski definition) is 6. The number of amides is 1. The third-order valence-corrected chi connectivity index (χ3v) is 6.83. The van der Waals surface area contributed by atoms with Gasteiger partial charge in [0.15, 0.2) is 0 Å². The predicted octanol–water partition coefficient (Wildman–Crippen LogP) is 5.89. The first kappa shape index (κ1) is 24.6. The number of para-hydroxylation sites is 2. The van der Waals surface area contributed by atoms with Crippen LogP contribution in [-0.4, -0.2) is 42.6 Å². The van der Waals surface area contributed by atoms with Gasteiger partial charge < -0.3 is 20.3 Å². The second kappa shape index (κ2) is 11.3. The first-order valence-electron chi connectivity index (χ1n) is 12.9. The van der Waals surface area contributed by atoms with E-state index in [4.69, 9.17) is 14.7 Å². The molecule has 3 aromatic carbocycles. The van der Waals surface area contributed by atoms with Crippen LogP contribution in [0.4, 0.5) is 11.8 Å². The van der Waals surface area contributed by atoms with Crippen molar-refractivity contribution in [1.29, 1.82) is 0 Å². The van der Waals surface area contributed by atoms with Crippen molar-refractivity contribution in [2.24, 2.45) is 5.92 Å². The molecule has 1 heterocycles. The maximum absolute atomic E-state index is 12.7. The molecule has 1 aliphatic rings. The van der Waals surface area contributed by atoms with Gasteiger partial charge in [0.2, 0.25) is 5.95 Å². The molecule has 0 spiro atoms. The molecule has 190 valence electrons. The minimum Gasteiger partial charge on any atom is -0.457 e. The number of fused-ring (bicyclic) bond motifs is 1. The molecular weight excluding hydrogens is 462 g/mol. The molecule has 7 nitrogen and oxygen atoms in total. The van der Waals surface area contributed by atoms with E-state index in [0.717, 1.165) is 48.2 Å². The van der Waals surface area contributed by atoms with Gasteiger partial charge in [0.25, 0.3) is 5.91 Å². The van der Waals surface area contributed by atoms with Crippen LogP contribution in [0.1, 0.15) is 36.0 Å². The maximum atomic E-state index is 12.7. The van der Waals surface area contributed by atoms with E-state index in [-0.39, 0.29) is 5.91 Å². The Hall–Kier alpha value is -4.13. The number of rotatable bonds is 8. The van der Waals surface area contributed by atoms with Crippen molar-refractivity contribution in [3.05, 3.63) is 84.4 Å². The number of aromatic nitrogens is 2. The maximum Gasteiger partial charge on any atom is 0.251 e. The fourth-order valence-corrected chi connectivity index (χ4v) is 4.80. The summed E-state index contributed by atoms with van der Waals surface area (Å²) in [5, 5.41) is 7.72. The van der Waals surface area contributed by atoms with Gasteiger partial charge in [-0.1, -0.05) is 30.3 Å². The molecule has 0 bridgehead atoms. The summed E-state index contributed by atoms with van der Waals surface area (Å²) in [7, 11) is 4.01. The van der Waals surface area contributed by atoms with E-state index in [0.29, 0.717) is 35.8 Å². The first-order valence-corrected chi connectivity index (χ1v) is 12.9. The fourth-order valence-electron chi connectivity index (χ4n) is 4.80. The topological polar surface area (TPSA) is 79.4 Å². The molecule has 37 heavy (non-hydrogen) atoms. The molecule has 5 rings (SSSR count). The Labute approximate surface area is 217 Å². The molecular formula is C30H33N5O2. The SMILES string of the molecule is CN(C)c1nc(N[C@H]2CC[C@@H](CNC(=O)c3ccc(Oc4ccccc4)cc3)CC2)nc2ccccc12. The standard InChI is InChI=1S/C30H33N5O2/c1-35(2)28-26-10-6-7-11-27(26)33-30(34-28)32-23-16-12-21(13-17-23)20-31-29(36)22-14-18-25(19-15-22)37-24-8-4-3-5-9-24/h3-11,14-15,18-19,21,23H,12-13,16-17,20H2,1-2H3,(H,31,36)(H,32,33,34)/t21-,23+. The van der Waals surface area contributed by atoms with Crippen molar-refractivity contribution < 1.29 is 9.53 Å². The summed E-state index contributed by atoms with van der Waals surface area (Å²) < 4.78 is 5.81. The van der Waals surface area contributed by atoms with E-state index in [9.17, 15) is 4.79 Å². The van der Waals surface area contributed by atoms with Crippen LogP contribution in [0.5, 0.6) is 11.5 Å². The predicted molar refractivity (Wildman–Crippen MR) is 149 cm³/mol. The van der Waals surface area contributed by atoms with E-state index < -0.39 is 0 Å². The quantitative estimate of drug-likeness (QED) is 0.317. The highest BCUT2D eigenvalue weighted by Gasteiger charge is 2.23. The number of nitrogens with one attached hydrogen (secondary N) is 2. The minimum absolute atomic E-state index is 0.0488. The van der Waals surface area contributed by atoms with Crippen LogP contribution in [0.15, 0.2) is 78.9 Å². The Bertz CT molecular complexity index is 1330. The minimum atomic E-state index is -0.0488. The number of nitrogens with zero attached hydrogens (tertiary/aromatic N) is 3. The molecule has 4 aromatic rings. The van der Waals surface area contributed by atoms with Gasteiger partial charge >= 0.3 is 0 Å². The molecule has 0 radical (unpaired) electrons. The van der Waals surface area contributed by atoms with E-state index in [1.54, 1.807) is 12.1 Å². The van der Waals surface area contributed by atoms with Crippen molar-refractivity contribution in [2.45, 2.75) is 31.7 Å². The highest BCUT2D eigenvalue weighted by molar-refractivity contribution is 5.94. The fraction of sp³-hybridized carbons (Fsp3) is 0.300. The lowest BCUT2D eigenvalue weighted by Gasteiger charge is -2.29. The van der Waals surface area contributed by atoms with E-state index >= 15 is 0 Å². The molecule has 1 aliphatic carbocycles. The zero-order valence-corrected chi connectivity index (χ0v) is 21.4. The third kappa shape index (κ3) is 6.17.